The van der Waals surface area contributed by atoms with Crippen molar-refractivity contribution in [2.75, 3.05) is 31.2 Å². The van der Waals surface area contributed by atoms with Crippen LogP contribution in [0.3, 0.4) is 0 Å². The van der Waals surface area contributed by atoms with E-state index < -0.39 is 34.3 Å². The van der Waals surface area contributed by atoms with Crippen LogP contribution in [0.5, 0.6) is 17.2 Å². The van der Waals surface area contributed by atoms with Gasteiger partial charge in [0, 0.05) is 0 Å². The Bertz CT molecular complexity index is 1300. The third kappa shape index (κ3) is 5.48. The molecule has 8 nitrogen and oxygen atoms in total. The Morgan fingerprint density at radius 2 is 1.69 bits per heavy atom. The monoisotopic (exact) mass is 500 g/mol. The second-order valence-electron chi connectivity index (χ2n) is 7.86. The lowest BCUT2D eigenvalue weighted by Crippen LogP contribution is -2.41. The minimum absolute atomic E-state index is 0.0321. The third-order valence-electron chi connectivity index (χ3n) is 5.49. The molecule has 0 aliphatic carbocycles. The highest BCUT2D eigenvalue weighted by Crippen LogP contribution is 2.32. The Balaban J connectivity index is 1.56. The molecular weight excluding hydrogens is 475 g/mol. The Morgan fingerprint density at radius 3 is 2.34 bits per heavy atom. The van der Waals surface area contributed by atoms with Crippen LogP contribution in [0.1, 0.15) is 18.5 Å². The molecule has 0 saturated carbocycles. The van der Waals surface area contributed by atoms with Crippen LogP contribution in [0, 0.1) is 5.82 Å². The number of fused-ring (bicyclic) bond motifs is 1. The van der Waals surface area contributed by atoms with Crippen LogP contribution in [-0.4, -0.2) is 41.2 Å². The lowest BCUT2D eigenvalue weighted by Gasteiger charge is -2.25. The van der Waals surface area contributed by atoms with E-state index in [0.717, 1.165) is 22.0 Å². The molecule has 1 atom stereocenters. The Labute approximate surface area is 203 Å². The average molecular weight is 501 g/mol. The number of halogens is 1. The summed E-state index contributed by atoms with van der Waals surface area (Å²) in [6, 6.07) is 15.6. The van der Waals surface area contributed by atoms with E-state index in [9.17, 15) is 17.6 Å². The van der Waals surface area contributed by atoms with Crippen molar-refractivity contribution in [3.8, 4) is 17.2 Å². The Morgan fingerprint density at radius 1 is 1.03 bits per heavy atom. The normalized spacial score (nSPS) is 13.6. The van der Waals surface area contributed by atoms with Crippen molar-refractivity contribution in [3.63, 3.8) is 0 Å². The highest BCUT2D eigenvalue weighted by Gasteiger charge is 2.28. The fourth-order valence-electron chi connectivity index (χ4n) is 3.63. The number of sulfonamides is 1. The molecule has 1 heterocycles. The summed E-state index contributed by atoms with van der Waals surface area (Å²) in [5, 5.41) is 2.82. The highest BCUT2D eigenvalue weighted by molar-refractivity contribution is 7.92. The molecule has 0 radical (unpaired) electrons. The van der Waals surface area contributed by atoms with Crippen LogP contribution >= 0.6 is 0 Å². The molecule has 35 heavy (non-hydrogen) atoms. The zero-order chi connectivity index (χ0) is 25.0. The van der Waals surface area contributed by atoms with E-state index in [4.69, 9.17) is 14.2 Å². The van der Waals surface area contributed by atoms with Gasteiger partial charge in [-0.15, -0.1) is 0 Å². The first kappa shape index (κ1) is 24.3. The van der Waals surface area contributed by atoms with E-state index in [1.54, 1.807) is 19.1 Å². The highest BCUT2D eigenvalue weighted by atomic mass is 32.2. The maximum Gasteiger partial charge on any atom is 0.264 e. The number of benzene rings is 3. The Kier molecular flexibility index (Phi) is 7.11. The van der Waals surface area contributed by atoms with Crippen molar-refractivity contribution < 1.29 is 31.8 Å². The minimum atomic E-state index is -4.14. The first-order valence-electron chi connectivity index (χ1n) is 10.9. The van der Waals surface area contributed by atoms with Crippen LogP contribution in [0.15, 0.2) is 71.6 Å². The van der Waals surface area contributed by atoms with Gasteiger partial charge in [-0.05, 0) is 73.2 Å². The molecule has 10 heteroatoms. The molecule has 1 N–H and O–H groups in total. The predicted molar refractivity (Wildman–Crippen MR) is 128 cm³/mol. The zero-order valence-corrected chi connectivity index (χ0v) is 20.0. The number of ether oxygens (including phenoxy) is 3. The van der Waals surface area contributed by atoms with E-state index in [2.05, 4.69) is 5.32 Å². The van der Waals surface area contributed by atoms with Gasteiger partial charge in [0.25, 0.3) is 10.0 Å². The topological polar surface area (TPSA) is 94.2 Å². The molecule has 0 fully saturated rings. The van der Waals surface area contributed by atoms with Crippen molar-refractivity contribution in [1.82, 2.24) is 5.32 Å². The molecule has 1 amide bonds. The van der Waals surface area contributed by atoms with Gasteiger partial charge in [-0.25, -0.2) is 12.8 Å². The van der Waals surface area contributed by atoms with E-state index >= 15 is 0 Å². The summed E-state index contributed by atoms with van der Waals surface area (Å²) in [4.78, 5) is 12.9. The van der Waals surface area contributed by atoms with Crippen LogP contribution in [0.25, 0.3) is 0 Å². The molecule has 1 aliphatic rings. The van der Waals surface area contributed by atoms with Crippen LogP contribution in [0.2, 0.25) is 0 Å². The maximum atomic E-state index is 13.5. The molecule has 0 saturated heterocycles. The Hall–Kier alpha value is -3.79. The quantitative estimate of drug-likeness (QED) is 0.507. The van der Waals surface area contributed by atoms with E-state index in [1.165, 1.54) is 43.5 Å². The van der Waals surface area contributed by atoms with Gasteiger partial charge in [-0.3, -0.25) is 9.10 Å². The number of carbonyl (C=O) groups is 1. The average Bonchev–Trinajstić information content (AvgIpc) is 2.87. The number of anilines is 1. The third-order valence-corrected chi connectivity index (χ3v) is 7.28. The first-order valence-corrected chi connectivity index (χ1v) is 12.3. The van der Waals surface area contributed by atoms with Gasteiger partial charge >= 0.3 is 0 Å². The molecular formula is C25H25FN2O6S. The summed E-state index contributed by atoms with van der Waals surface area (Å²) in [6.07, 6.45) is 0. The van der Waals surface area contributed by atoms with Gasteiger partial charge in [0.05, 0.1) is 23.7 Å². The van der Waals surface area contributed by atoms with Crippen molar-refractivity contribution >= 4 is 21.6 Å². The van der Waals surface area contributed by atoms with Gasteiger partial charge in [0.15, 0.2) is 11.5 Å². The number of nitrogens with one attached hydrogen (secondary N) is 1. The molecule has 0 aromatic heterocycles. The van der Waals surface area contributed by atoms with Crippen LogP contribution < -0.4 is 23.8 Å². The smallest absolute Gasteiger partial charge is 0.264 e. The molecule has 0 spiro atoms. The summed E-state index contributed by atoms with van der Waals surface area (Å²) in [6.45, 7) is 2.19. The fourth-order valence-corrected chi connectivity index (χ4v) is 5.05. The van der Waals surface area contributed by atoms with E-state index in [-0.39, 0.29) is 10.6 Å². The summed E-state index contributed by atoms with van der Waals surface area (Å²) >= 11 is 0. The van der Waals surface area contributed by atoms with Gasteiger partial charge in [0.1, 0.15) is 31.3 Å². The number of amides is 1. The maximum absolute atomic E-state index is 13.5. The minimum Gasteiger partial charge on any atom is -0.497 e. The standard InChI is InChI=1S/C25H25FN2O6S/c1-17(18-3-12-23-24(15-18)34-14-13-33-23)27-25(29)16-28(20-6-4-19(26)5-7-20)35(30,31)22-10-8-21(32-2)9-11-22/h3-12,15,17H,13-14,16H2,1-2H3,(H,27,29). The van der Waals surface area contributed by atoms with Gasteiger partial charge in [-0.1, -0.05) is 6.07 Å². The van der Waals surface area contributed by atoms with Crippen molar-refractivity contribution in [3.05, 3.63) is 78.1 Å². The molecule has 0 bridgehead atoms. The number of nitrogens with zero attached hydrogens (tertiary/aromatic N) is 1. The van der Waals surface area contributed by atoms with Crippen LogP contribution in [0.4, 0.5) is 10.1 Å². The summed E-state index contributed by atoms with van der Waals surface area (Å²) in [7, 11) is -2.67. The summed E-state index contributed by atoms with van der Waals surface area (Å²) < 4.78 is 57.6. The second kappa shape index (κ2) is 10.2. The number of methoxy groups -OCH3 is 1. The molecule has 3 aromatic rings. The zero-order valence-electron chi connectivity index (χ0n) is 19.2. The molecule has 1 aliphatic heterocycles. The van der Waals surface area contributed by atoms with E-state index in [0.29, 0.717) is 30.5 Å². The second-order valence-corrected chi connectivity index (χ2v) is 9.72. The summed E-state index contributed by atoms with van der Waals surface area (Å²) in [5.74, 6) is 0.653. The number of hydrogen-bond acceptors (Lipinski definition) is 6. The number of rotatable bonds is 8. The van der Waals surface area contributed by atoms with Crippen LogP contribution in [-0.2, 0) is 14.8 Å². The molecule has 3 aromatic carbocycles. The summed E-state index contributed by atoms with van der Waals surface area (Å²) in [5.41, 5.74) is 0.929. The molecule has 184 valence electrons. The molecule has 4 rings (SSSR count). The van der Waals surface area contributed by atoms with Crippen molar-refractivity contribution in [2.45, 2.75) is 17.9 Å². The van der Waals surface area contributed by atoms with Gasteiger partial charge in [-0.2, -0.15) is 0 Å². The SMILES string of the molecule is COc1ccc(S(=O)(=O)N(CC(=O)NC(C)c2ccc3c(c2)OCCO3)c2ccc(F)cc2)cc1. The lowest BCUT2D eigenvalue weighted by molar-refractivity contribution is -0.120. The van der Waals surface area contributed by atoms with Gasteiger partial charge in [0.2, 0.25) is 5.91 Å². The number of carbonyl (C=O) groups excluding carboxylic acids is 1. The van der Waals surface area contributed by atoms with E-state index in [1.807, 2.05) is 6.07 Å². The van der Waals surface area contributed by atoms with Crippen molar-refractivity contribution in [2.24, 2.45) is 0 Å². The fraction of sp³-hybridized carbons (Fsp3) is 0.240. The van der Waals surface area contributed by atoms with Gasteiger partial charge < -0.3 is 19.5 Å². The predicted octanol–water partition coefficient (Wildman–Crippen LogP) is 3.68. The number of hydrogen-bond donors (Lipinski definition) is 1. The largest absolute Gasteiger partial charge is 0.497 e. The molecule has 1 unspecified atom stereocenters. The van der Waals surface area contributed by atoms with Crippen molar-refractivity contribution in [1.29, 1.82) is 0 Å². The first-order chi connectivity index (χ1) is 16.8. The lowest BCUT2D eigenvalue weighted by atomic mass is 10.1.